The summed E-state index contributed by atoms with van der Waals surface area (Å²) in [5.74, 6) is -1.37. The normalized spacial score (nSPS) is 16.9. The Morgan fingerprint density at radius 2 is 2.07 bits per heavy atom. The number of nitrogens with zero attached hydrogens (tertiary/aromatic N) is 3. The standard InChI is InChI=1S/C18H22N4O6S/c1-12-10-16(28-21-12)20-17(23)13(2)27-18(24)14-5-8-22(9-6-14)29(25,26)15-4-3-7-19-11-15/h3-4,7,10-11,13-14H,5-6,8-9H2,1-2H3,(H,20,23). The van der Waals surface area contributed by atoms with E-state index in [0.29, 0.717) is 18.5 Å². The van der Waals surface area contributed by atoms with E-state index >= 15 is 0 Å². The summed E-state index contributed by atoms with van der Waals surface area (Å²) in [5.41, 5.74) is 0.609. The zero-order valence-electron chi connectivity index (χ0n) is 16.1. The Kier molecular flexibility index (Phi) is 6.28. The fourth-order valence-corrected chi connectivity index (χ4v) is 4.38. The predicted octanol–water partition coefficient (Wildman–Crippen LogP) is 1.35. The number of carbonyl (C=O) groups is 2. The Hall–Kier alpha value is -2.79. The number of sulfonamides is 1. The number of amides is 1. The van der Waals surface area contributed by atoms with Gasteiger partial charge in [-0.1, -0.05) is 5.16 Å². The predicted molar refractivity (Wildman–Crippen MR) is 101 cm³/mol. The Bertz CT molecular complexity index is 967. The van der Waals surface area contributed by atoms with E-state index in [4.69, 9.17) is 9.26 Å². The third kappa shape index (κ3) is 4.98. The van der Waals surface area contributed by atoms with Gasteiger partial charge in [0.15, 0.2) is 6.10 Å². The third-order valence-electron chi connectivity index (χ3n) is 4.60. The minimum Gasteiger partial charge on any atom is -0.452 e. The first-order valence-electron chi connectivity index (χ1n) is 9.12. The number of nitrogens with one attached hydrogen (secondary N) is 1. The molecule has 29 heavy (non-hydrogen) atoms. The van der Waals surface area contributed by atoms with Gasteiger partial charge in [0.25, 0.3) is 5.91 Å². The largest absolute Gasteiger partial charge is 0.452 e. The average Bonchev–Trinajstić information content (AvgIpc) is 3.13. The van der Waals surface area contributed by atoms with Gasteiger partial charge in [0.1, 0.15) is 4.90 Å². The van der Waals surface area contributed by atoms with E-state index in [1.54, 1.807) is 19.1 Å². The Morgan fingerprint density at radius 1 is 1.34 bits per heavy atom. The molecule has 0 radical (unpaired) electrons. The maximum absolute atomic E-state index is 12.6. The molecule has 0 spiro atoms. The maximum atomic E-state index is 12.6. The second kappa shape index (κ2) is 8.70. The molecule has 3 heterocycles. The van der Waals surface area contributed by atoms with Crippen molar-refractivity contribution in [1.29, 1.82) is 0 Å². The highest BCUT2D eigenvalue weighted by atomic mass is 32.2. The summed E-state index contributed by atoms with van der Waals surface area (Å²) in [4.78, 5) is 28.5. The van der Waals surface area contributed by atoms with Crippen LogP contribution in [0, 0.1) is 12.8 Å². The molecule has 11 heteroatoms. The molecule has 1 atom stereocenters. The lowest BCUT2D eigenvalue weighted by atomic mass is 9.98. The SMILES string of the molecule is Cc1cc(NC(=O)C(C)OC(=O)C2CCN(S(=O)(=O)c3cccnc3)CC2)on1. The average molecular weight is 422 g/mol. The molecule has 1 unspecified atom stereocenters. The van der Waals surface area contributed by atoms with Crippen molar-refractivity contribution in [3.05, 3.63) is 36.3 Å². The quantitative estimate of drug-likeness (QED) is 0.690. The number of hydrogen-bond acceptors (Lipinski definition) is 8. The first-order valence-corrected chi connectivity index (χ1v) is 10.6. The Morgan fingerprint density at radius 3 is 2.66 bits per heavy atom. The van der Waals surface area contributed by atoms with Crippen molar-refractivity contribution >= 4 is 27.8 Å². The molecule has 156 valence electrons. The van der Waals surface area contributed by atoms with Crippen LogP contribution >= 0.6 is 0 Å². The van der Waals surface area contributed by atoms with Crippen LogP contribution in [-0.2, 0) is 24.3 Å². The van der Waals surface area contributed by atoms with Crippen molar-refractivity contribution in [3.8, 4) is 0 Å². The van der Waals surface area contributed by atoms with Crippen LogP contribution < -0.4 is 5.32 Å². The fraction of sp³-hybridized carbons (Fsp3) is 0.444. The molecule has 0 bridgehead atoms. The van der Waals surface area contributed by atoms with Crippen molar-refractivity contribution in [1.82, 2.24) is 14.4 Å². The van der Waals surface area contributed by atoms with Gasteiger partial charge in [-0.15, -0.1) is 0 Å². The number of piperidine rings is 1. The lowest BCUT2D eigenvalue weighted by Crippen LogP contribution is -2.41. The minimum absolute atomic E-state index is 0.119. The van der Waals surface area contributed by atoms with E-state index in [2.05, 4.69) is 15.5 Å². The van der Waals surface area contributed by atoms with Gasteiger partial charge < -0.3 is 9.26 Å². The van der Waals surface area contributed by atoms with Crippen LogP contribution in [0.25, 0.3) is 0 Å². The highest BCUT2D eigenvalue weighted by Gasteiger charge is 2.34. The molecule has 10 nitrogen and oxygen atoms in total. The lowest BCUT2D eigenvalue weighted by molar-refractivity contribution is -0.158. The van der Waals surface area contributed by atoms with Crippen molar-refractivity contribution in [2.45, 2.75) is 37.7 Å². The van der Waals surface area contributed by atoms with Gasteiger partial charge in [0, 0.05) is 31.5 Å². The topological polar surface area (TPSA) is 132 Å². The minimum atomic E-state index is -3.64. The monoisotopic (exact) mass is 422 g/mol. The number of ether oxygens (including phenoxy) is 1. The van der Waals surface area contributed by atoms with Gasteiger partial charge in [0.05, 0.1) is 11.6 Å². The van der Waals surface area contributed by atoms with Gasteiger partial charge in [-0.05, 0) is 38.8 Å². The molecule has 2 aromatic rings. The van der Waals surface area contributed by atoms with Gasteiger partial charge >= 0.3 is 5.97 Å². The van der Waals surface area contributed by atoms with Crippen molar-refractivity contribution in [3.63, 3.8) is 0 Å². The Balaban J connectivity index is 1.51. The van der Waals surface area contributed by atoms with Crippen molar-refractivity contribution in [2.75, 3.05) is 18.4 Å². The number of esters is 1. The molecule has 1 saturated heterocycles. The van der Waals surface area contributed by atoms with Gasteiger partial charge in [0.2, 0.25) is 15.9 Å². The maximum Gasteiger partial charge on any atom is 0.309 e. The smallest absolute Gasteiger partial charge is 0.309 e. The molecule has 1 amide bonds. The highest BCUT2D eigenvalue weighted by Crippen LogP contribution is 2.24. The molecular formula is C18H22N4O6S. The lowest BCUT2D eigenvalue weighted by Gasteiger charge is -2.30. The number of hydrogen-bond donors (Lipinski definition) is 1. The van der Waals surface area contributed by atoms with E-state index in [-0.39, 0.29) is 23.9 Å². The van der Waals surface area contributed by atoms with E-state index < -0.39 is 33.9 Å². The molecule has 0 aromatic carbocycles. The summed E-state index contributed by atoms with van der Waals surface area (Å²) in [7, 11) is -3.64. The molecule has 3 rings (SSSR count). The molecule has 2 aromatic heterocycles. The number of pyridine rings is 1. The highest BCUT2D eigenvalue weighted by molar-refractivity contribution is 7.89. The first-order chi connectivity index (χ1) is 13.8. The molecule has 0 saturated carbocycles. The third-order valence-corrected chi connectivity index (χ3v) is 6.48. The van der Waals surface area contributed by atoms with E-state index in [1.165, 1.54) is 29.7 Å². The van der Waals surface area contributed by atoms with Crippen molar-refractivity contribution in [2.24, 2.45) is 5.92 Å². The van der Waals surface area contributed by atoms with Crippen LogP contribution in [0.1, 0.15) is 25.5 Å². The number of aryl methyl sites for hydroxylation is 1. The summed E-state index contributed by atoms with van der Waals surface area (Å²) in [6.07, 6.45) is 2.40. The molecule has 1 fully saturated rings. The number of anilines is 1. The molecule has 1 aliphatic heterocycles. The molecular weight excluding hydrogens is 400 g/mol. The van der Waals surface area contributed by atoms with Crippen LogP contribution in [0.5, 0.6) is 0 Å². The second-order valence-corrected chi connectivity index (χ2v) is 8.71. The van der Waals surface area contributed by atoms with Gasteiger partial charge in [-0.2, -0.15) is 4.31 Å². The second-order valence-electron chi connectivity index (χ2n) is 6.77. The van der Waals surface area contributed by atoms with E-state index in [1.807, 2.05) is 0 Å². The number of rotatable bonds is 6. The summed E-state index contributed by atoms with van der Waals surface area (Å²) >= 11 is 0. The van der Waals surface area contributed by atoms with Crippen LogP contribution in [0.4, 0.5) is 5.88 Å². The Labute approximate surface area is 168 Å². The van der Waals surface area contributed by atoms with Gasteiger partial charge in [-0.3, -0.25) is 19.9 Å². The number of carbonyl (C=O) groups excluding carboxylic acids is 2. The zero-order valence-corrected chi connectivity index (χ0v) is 16.9. The van der Waals surface area contributed by atoms with Crippen LogP contribution in [0.2, 0.25) is 0 Å². The van der Waals surface area contributed by atoms with Crippen LogP contribution in [0.15, 0.2) is 40.0 Å². The van der Waals surface area contributed by atoms with E-state index in [9.17, 15) is 18.0 Å². The summed E-state index contributed by atoms with van der Waals surface area (Å²) in [5, 5.41) is 6.13. The van der Waals surface area contributed by atoms with Crippen molar-refractivity contribution < 1.29 is 27.3 Å². The summed E-state index contributed by atoms with van der Waals surface area (Å²) in [6, 6.07) is 4.59. The molecule has 1 N–H and O–H groups in total. The van der Waals surface area contributed by atoms with Crippen LogP contribution in [-0.4, -0.2) is 53.9 Å². The fourth-order valence-electron chi connectivity index (χ4n) is 2.95. The molecule has 1 aliphatic rings. The number of aromatic nitrogens is 2. The zero-order chi connectivity index (χ0) is 21.0. The van der Waals surface area contributed by atoms with Crippen LogP contribution in [0.3, 0.4) is 0 Å². The summed E-state index contributed by atoms with van der Waals surface area (Å²) < 4.78 is 36.7. The first kappa shape index (κ1) is 20.9. The molecule has 0 aliphatic carbocycles. The van der Waals surface area contributed by atoms with Gasteiger partial charge in [-0.25, -0.2) is 8.42 Å². The summed E-state index contributed by atoms with van der Waals surface area (Å²) in [6.45, 7) is 3.55. The van der Waals surface area contributed by atoms with E-state index in [0.717, 1.165) is 0 Å².